The number of anilines is 2. The van der Waals surface area contributed by atoms with Crippen molar-refractivity contribution in [3.05, 3.63) is 29.6 Å². The number of hydrogen-bond donors (Lipinski definition) is 1. The zero-order chi connectivity index (χ0) is 22.2. The summed E-state index contributed by atoms with van der Waals surface area (Å²) in [4.78, 5) is 20.5. The molecule has 1 amide bonds. The number of pyridine rings is 1. The van der Waals surface area contributed by atoms with Crippen LogP contribution in [0.25, 0.3) is 5.82 Å². The molecule has 0 radical (unpaired) electrons. The molecule has 3 heterocycles. The zero-order valence-corrected chi connectivity index (χ0v) is 18.4. The van der Waals surface area contributed by atoms with Crippen LogP contribution in [0, 0.1) is 13.8 Å². The molecule has 2 aromatic heterocycles. The van der Waals surface area contributed by atoms with Gasteiger partial charge in [0.1, 0.15) is 5.82 Å². The van der Waals surface area contributed by atoms with Crippen molar-refractivity contribution in [3.8, 4) is 5.82 Å². The van der Waals surface area contributed by atoms with E-state index in [1.165, 1.54) is 0 Å². The van der Waals surface area contributed by atoms with Gasteiger partial charge in [-0.05, 0) is 32.8 Å². The molecule has 4 rings (SSSR count). The van der Waals surface area contributed by atoms with E-state index in [1.807, 2.05) is 41.6 Å². The number of aromatic nitrogens is 3. The van der Waals surface area contributed by atoms with Gasteiger partial charge in [0.15, 0.2) is 5.82 Å². The number of carbonyl (C=O) groups excluding carboxylic acids is 1. The average molecular weight is 433 g/mol. The Hall–Kier alpha value is -2.71. The molecule has 2 aliphatic rings. The molecule has 1 aliphatic heterocycles. The lowest BCUT2D eigenvalue weighted by Gasteiger charge is -2.36. The van der Waals surface area contributed by atoms with Crippen molar-refractivity contribution in [2.45, 2.75) is 58.4 Å². The number of piperazine rings is 1. The summed E-state index contributed by atoms with van der Waals surface area (Å²) >= 11 is 0. The first-order chi connectivity index (χ1) is 14.7. The molecule has 1 saturated heterocycles. The maximum absolute atomic E-state index is 13.6. The van der Waals surface area contributed by atoms with Gasteiger partial charge in [-0.2, -0.15) is 5.10 Å². The third-order valence-electron chi connectivity index (χ3n) is 6.18. The third-order valence-corrected chi connectivity index (χ3v) is 6.18. The van der Waals surface area contributed by atoms with E-state index < -0.39 is 5.92 Å². The first-order valence-corrected chi connectivity index (χ1v) is 10.9. The van der Waals surface area contributed by atoms with Crippen LogP contribution in [0.2, 0.25) is 0 Å². The van der Waals surface area contributed by atoms with Crippen LogP contribution in [-0.4, -0.2) is 63.7 Å². The van der Waals surface area contributed by atoms with Gasteiger partial charge < -0.3 is 15.1 Å². The van der Waals surface area contributed by atoms with E-state index in [0.717, 1.165) is 30.2 Å². The van der Waals surface area contributed by atoms with Crippen molar-refractivity contribution >= 4 is 17.4 Å². The fourth-order valence-electron chi connectivity index (χ4n) is 4.40. The summed E-state index contributed by atoms with van der Waals surface area (Å²) < 4.78 is 28.9. The van der Waals surface area contributed by atoms with Crippen LogP contribution >= 0.6 is 0 Å². The lowest BCUT2D eigenvalue weighted by Crippen LogP contribution is -2.48. The van der Waals surface area contributed by atoms with Crippen LogP contribution in [0.5, 0.6) is 0 Å². The predicted octanol–water partition coefficient (Wildman–Crippen LogP) is 3.54. The Bertz CT molecular complexity index is 941. The highest BCUT2D eigenvalue weighted by molar-refractivity contribution is 5.73. The number of carbonyl (C=O) groups is 1. The Morgan fingerprint density at radius 2 is 1.77 bits per heavy atom. The number of aryl methyl sites for hydroxylation is 2. The van der Waals surface area contributed by atoms with Gasteiger partial charge in [-0.3, -0.25) is 4.79 Å². The number of nitrogens with zero attached hydrogens (tertiary/aromatic N) is 5. The lowest BCUT2D eigenvalue weighted by molar-refractivity contribution is -0.129. The summed E-state index contributed by atoms with van der Waals surface area (Å²) in [6, 6.07) is 5.95. The second-order valence-corrected chi connectivity index (χ2v) is 8.68. The maximum atomic E-state index is 13.6. The minimum absolute atomic E-state index is 0.0229. The van der Waals surface area contributed by atoms with E-state index in [2.05, 4.69) is 15.3 Å². The smallest absolute Gasteiger partial charge is 0.248 e. The van der Waals surface area contributed by atoms with E-state index in [9.17, 15) is 13.6 Å². The van der Waals surface area contributed by atoms with Crippen LogP contribution in [0.1, 0.15) is 44.0 Å². The Balaban J connectivity index is 1.60. The molecule has 0 bridgehead atoms. The zero-order valence-electron chi connectivity index (χ0n) is 18.4. The molecule has 1 saturated carbocycles. The molecular formula is C22H30F2N6O. The van der Waals surface area contributed by atoms with E-state index in [1.54, 1.807) is 6.92 Å². The van der Waals surface area contributed by atoms with E-state index in [-0.39, 0.29) is 24.8 Å². The van der Waals surface area contributed by atoms with Gasteiger partial charge in [-0.1, -0.05) is 0 Å². The minimum atomic E-state index is -2.56. The summed E-state index contributed by atoms with van der Waals surface area (Å²) in [7, 11) is 0. The normalized spacial score (nSPS) is 19.5. The van der Waals surface area contributed by atoms with Gasteiger partial charge in [0.05, 0.1) is 5.69 Å². The average Bonchev–Trinajstić information content (AvgIpc) is 3.07. The van der Waals surface area contributed by atoms with Crippen LogP contribution in [0.15, 0.2) is 18.2 Å². The number of rotatable bonds is 4. The summed E-state index contributed by atoms with van der Waals surface area (Å²) in [5, 5.41) is 7.95. The van der Waals surface area contributed by atoms with Crippen LogP contribution in [0.3, 0.4) is 0 Å². The standard InChI is InChI=1S/C22H30F2N6O/c1-15-12-16(2)30(27-15)21-14-19(29-10-8-28(9-11-29)17(3)31)13-20(26-21)25-18-4-6-22(23,24)7-5-18/h12-14,18H,4-11H2,1-3H3,(H,25,26). The quantitative estimate of drug-likeness (QED) is 0.801. The van der Waals surface area contributed by atoms with Gasteiger partial charge >= 0.3 is 0 Å². The molecule has 168 valence electrons. The Morgan fingerprint density at radius 1 is 1.10 bits per heavy atom. The molecule has 1 N–H and O–H groups in total. The van der Waals surface area contributed by atoms with Crippen molar-refractivity contribution in [2.24, 2.45) is 0 Å². The number of alkyl halides is 2. The second kappa shape index (κ2) is 8.43. The van der Waals surface area contributed by atoms with Gasteiger partial charge in [0.25, 0.3) is 0 Å². The first kappa shape index (κ1) is 21.5. The summed E-state index contributed by atoms with van der Waals surface area (Å²) in [6.07, 6.45) is 0.653. The molecule has 0 spiro atoms. The largest absolute Gasteiger partial charge is 0.368 e. The predicted molar refractivity (Wildman–Crippen MR) is 116 cm³/mol. The van der Waals surface area contributed by atoms with E-state index in [0.29, 0.717) is 37.6 Å². The maximum Gasteiger partial charge on any atom is 0.248 e. The van der Waals surface area contributed by atoms with Crippen molar-refractivity contribution in [2.75, 3.05) is 36.4 Å². The Kier molecular flexibility index (Phi) is 5.85. The van der Waals surface area contributed by atoms with Crippen molar-refractivity contribution in [1.82, 2.24) is 19.7 Å². The van der Waals surface area contributed by atoms with E-state index >= 15 is 0 Å². The molecule has 7 nitrogen and oxygen atoms in total. The number of nitrogens with one attached hydrogen (secondary N) is 1. The molecular weight excluding hydrogens is 402 g/mol. The lowest BCUT2D eigenvalue weighted by atomic mass is 9.92. The molecule has 0 unspecified atom stereocenters. The fourth-order valence-corrected chi connectivity index (χ4v) is 4.40. The molecule has 9 heteroatoms. The molecule has 1 aliphatic carbocycles. The first-order valence-electron chi connectivity index (χ1n) is 10.9. The molecule has 2 fully saturated rings. The molecule has 0 aromatic carbocycles. The van der Waals surface area contributed by atoms with Gasteiger partial charge in [-0.25, -0.2) is 18.4 Å². The van der Waals surface area contributed by atoms with Crippen molar-refractivity contribution in [1.29, 1.82) is 0 Å². The molecule has 2 aromatic rings. The minimum Gasteiger partial charge on any atom is -0.368 e. The van der Waals surface area contributed by atoms with Gasteiger partial charge in [0, 0.05) is 75.5 Å². The number of amides is 1. The van der Waals surface area contributed by atoms with Crippen LogP contribution in [0.4, 0.5) is 20.3 Å². The third kappa shape index (κ3) is 4.97. The van der Waals surface area contributed by atoms with Crippen molar-refractivity contribution < 1.29 is 13.6 Å². The SMILES string of the molecule is CC(=O)N1CCN(c2cc(NC3CCC(F)(F)CC3)nc(-n3nc(C)cc3C)c2)CC1. The van der Waals surface area contributed by atoms with Gasteiger partial charge in [-0.15, -0.1) is 0 Å². The summed E-state index contributed by atoms with van der Waals surface area (Å²) in [5.74, 6) is -1.10. The second-order valence-electron chi connectivity index (χ2n) is 8.68. The monoisotopic (exact) mass is 432 g/mol. The fraction of sp³-hybridized carbons (Fsp3) is 0.591. The Morgan fingerprint density at radius 3 is 2.35 bits per heavy atom. The topological polar surface area (TPSA) is 66.3 Å². The molecule has 31 heavy (non-hydrogen) atoms. The van der Waals surface area contributed by atoms with Crippen LogP contribution < -0.4 is 10.2 Å². The summed E-state index contributed by atoms with van der Waals surface area (Å²) in [6.45, 7) is 8.33. The number of hydrogen-bond acceptors (Lipinski definition) is 5. The van der Waals surface area contributed by atoms with E-state index in [4.69, 9.17) is 4.98 Å². The highest BCUT2D eigenvalue weighted by atomic mass is 19.3. The van der Waals surface area contributed by atoms with Gasteiger partial charge in [0.2, 0.25) is 11.8 Å². The molecule has 0 atom stereocenters. The highest BCUT2D eigenvalue weighted by Crippen LogP contribution is 2.34. The Labute approximate surface area is 181 Å². The van der Waals surface area contributed by atoms with Crippen molar-refractivity contribution in [3.63, 3.8) is 0 Å². The van der Waals surface area contributed by atoms with Crippen LogP contribution in [-0.2, 0) is 4.79 Å². The summed E-state index contributed by atoms with van der Waals surface area (Å²) in [5.41, 5.74) is 2.87. The highest BCUT2D eigenvalue weighted by Gasteiger charge is 2.35. The number of halogens is 2.